The predicted octanol–water partition coefficient (Wildman–Crippen LogP) is 2.34. The van der Waals surface area contributed by atoms with Gasteiger partial charge in [0.25, 0.3) is 0 Å². The van der Waals surface area contributed by atoms with Crippen LogP contribution in [0.4, 0.5) is 0 Å². The molecule has 0 spiro atoms. The molecule has 18 heavy (non-hydrogen) atoms. The molecule has 2 aliphatic rings. The average molecular weight is 254 g/mol. The van der Waals surface area contributed by atoms with Gasteiger partial charge in [0.05, 0.1) is 6.10 Å². The van der Waals surface area contributed by atoms with E-state index in [9.17, 15) is 0 Å². The van der Waals surface area contributed by atoms with Gasteiger partial charge in [-0.25, -0.2) is 0 Å². The summed E-state index contributed by atoms with van der Waals surface area (Å²) < 4.78 is 5.94. The number of hydrogen-bond donors (Lipinski definition) is 2. The van der Waals surface area contributed by atoms with E-state index in [2.05, 4.69) is 15.5 Å². The third-order valence-electron chi connectivity index (χ3n) is 4.09. The Bertz CT molecular complexity index is 235. The Morgan fingerprint density at radius 1 is 1.17 bits per heavy atom. The third kappa shape index (κ3) is 4.53. The second-order valence-electron chi connectivity index (χ2n) is 5.49. The molecule has 0 amide bonds. The molecule has 0 aromatic heterocycles. The molecule has 1 saturated carbocycles. The first-order chi connectivity index (χ1) is 8.88. The van der Waals surface area contributed by atoms with E-state index in [0.717, 1.165) is 32.3 Å². The van der Waals surface area contributed by atoms with Gasteiger partial charge in [-0.05, 0) is 58.0 Å². The topological polar surface area (TPSA) is 60.7 Å². The molecular weight excluding hydrogens is 228 g/mol. The van der Waals surface area contributed by atoms with Gasteiger partial charge < -0.3 is 9.64 Å². The van der Waals surface area contributed by atoms with Gasteiger partial charge in [0, 0.05) is 19.2 Å². The first-order valence-corrected chi connectivity index (χ1v) is 7.34. The highest BCUT2D eigenvalue weighted by Crippen LogP contribution is 2.21. The molecule has 0 bridgehead atoms. The molecule has 1 aliphatic carbocycles. The summed E-state index contributed by atoms with van der Waals surface area (Å²) in [6.07, 6.45) is 8.73. The Morgan fingerprint density at radius 2 is 1.89 bits per heavy atom. The minimum absolute atomic E-state index is 0.395. The zero-order valence-corrected chi connectivity index (χ0v) is 11.2. The van der Waals surface area contributed by atoms with Gasteiger partial charge in [0.1, 0.15) is 0 Å². The maximum absolute atomic E-state index is 6.78. The fourth-order valence-corrected chi connectivity index (χ4v) is 2.99. The lowest BCUT2D eigenvalue weighted by Gasteiger charge is -2.28. The van der Waals surface area contributed by atoms with Crippen LogP contribution in [0.15, 0.2) is 5.22 Å². The number of ether oxygens (including phenoxy) is 1. The Hall–Kier alpha value is -0.680. The molecule has 104 valence electrons. The summed E-state index contributed by atoms with van der Waals surface area (Å²) in [5.41, 5.74) is 9.62. The van der Waals surface area contributed by atoms with E-state index < -0.39 is 0 Å². The minimum Gasteiger partial charge on any atom is -0.378 e. The first kappa shape index (κ1) is 13.7. The second-order valence-corrected chi connectivity index (χ2v) is 5.49. The van der Waals surface area contributed by atoms with Gasteiger partial charge in [0.2, 0.25) is 0 Å². The lowest BCUT2D eigenvalue weighted by molar-refractivity contribution is 0.0185. The summed E-state index contributed by atoms with van der Waals surface area (Å²) in [6, 6.07) is 0.395. The molecule has 0 aromatic rings. The van der Waals surface area contributed by atoms with Gasteiger partial charge in [-0.3, -0.25) is 5.43 Å². The van der Waals surface area contributed by atoms with Crippen molar-refractivity contribution in [3.8, 4) is 0 Å². The van der Waals surface area contributed by atoms with Gasteiger partial charge in [-0.1, -0.05) is 5.22 Å². The van der Waals surface area contributed by atoms with Gasteiger partial charge in [-0.2, -0.15) is 5.53 Å². The molecule has 0 atom stereocenters. The molecule has 5 heteroatoms. The Kier molecular flexibility index (Phi) is 5.87. The van der Waals surface area contributed by atoms with Crippen molar-refractivity contribution < 1.29 is 4.74 Å². The van der Waals surface area contributed by atoms with Crippen molar-refractivity contribution in [1.82, 2.24) is 10.3 Å². The molecule has 2 fully saturated rings. The Balaban J connectivity index is 1.48. The molecule has 5 nitrogen and oxygen atoms in total. The van der Waals surface area contributed by atoms with Crippen LogP contribution in [-0.4, -0.2) is 43.3 Å². The van der Waals surface area contributed by atoms with E-state index >= 15 is 0 Å². The zero-order chi connectivity index (χ0) is 12.6. The molecule has 2 N–H and O–H groups in total. The molecule has 0 radical (unpaired) electrons. The standard InChI is InChI=1S/C13H26N4O/c14-16-15-12-4-6-13(7-5-12)18-11-3-10-17-8-1-2-9-17/h12-13H,1-11H2,(H2,14,15)/t12-,13-. The van der Waals surface area contributed by atoms with Crippen molar-refractivity contribution in [2.75, 3.05) is 26.2 Å². The molecule has 0 unspecified atom stereocenters. The molecule has 1 aliphatic heterocycles. The van der Waals surface area contributed by atoms with Gasteiger partial charge in [0.15, 0.2) is 0 Å². The van der Waals surface area contributed by atoms with Crippen molar-refractivity contribution in [2.24, 2.45) is 5.22 Å². The van der Waals surface area contributed by atoms with Crippen molar-refractivity contribution in [1.29, 1.82) is 5.53 Å². The molecule has 2 rings (SSSR count). The lowest BCUT2D eigenvalue weighted by atomic mass is 9.93. The van der Waals surface area contributed by atoms with Gasteiger partial charge >= 0.3 is 0 Å². The first-order valence-electron chi connectivity index (χ1n) is 7.34. The summed E-state index contributed by atoms with van der Waals surface area (Å²) in [5.74, 6) is 0. The number of nitrogens with one attached hydrogen (secondary N) is 2. The van der Waals surface area contributed by atoms with Crippen LogP contribution in [0, 0.1) is 5.53 Å². The van der Waals surface area contributed by atoms with Crippen LogP contribution < -0.4 is 5.43 Å². The van der Waals surface area contributed by atoms with Gasteiger partial charge in [-0.15, -0.1) is 0 Å². The van der Waals surface area contributed by atoms with Crippen molar-refractivity contribution in [3.05, 3.63) is 0 Å². The van der Waals surface area contributed by atoms with Crippen LogP contribution in [0.3, 0.4) is 0 Å². The molecule has 0 aromatic carbocycles. The van der Waals surface area contributed by atoms with E-state index in [1.165, 1.54) is 38.9 Å². The van der Waals surface area contributed by atoms with Crippen LogP contribution in [0.25, 0.3) is 0 Å². The highest BCUT2D eigenvalue weighted by molar-refractivity contribution is 4.76. The van der Waals surface area contributed by atoms with Crippen LogP contribution in [0.5, 0.6) is 0 Å². The second kappa shape index (κ2) is 7.69. The van der Waals surface area contributed by atoms with Crippen molar-refractivity contribution in [3.63, 3.8) is 0 Å². The minimum atomic E-state index is 0.395. The van der Waals surface area contributed by atoms with Crippen molar-refractivity contribution in [2.45, 2.75) is 57.1 Å². The highest BCUT2D eigenvalue weighted by atomic mass is 16.5. The predicted molar refractivity (Wildman–Crippen MR) is 70.6 cm³/mol. The number of hydrogen-bond acceptors (Lipinski definition) is 4. The van der Waals surface area contributed by atoms with E-state index in [4.69, 9.17) is 10.3 Å². The number of nitrogens with zero attached hydrogens (tertiary/aromatic N) is 2. The van der Waals surface area contributed by atoms with E-state index in [1.54, 1.807) is 0 Å². The Morgan fingerprint density at radius 3 is 2.56 bits per heavy atom. The number of likely N-dealkylation sites (tertiary alicyclic amines) is 1. The summed E-state index contributed by atoms with van der Waals surface area (Å²) in [4.78, 5) is 2.54. The maximum atomic E-state index is 6.78. The summed E-state index contributed by atoms with van der Waals surface area (Å²) in [5, 5.41) is 3.26. The van der Waals surface area contributed by atoms with Crippen LogP contribution in [-0.2, 0) is 4.74 Å². The molecule has 1 heterocycles. The lowest BCUT2D eigenvalue weighted by Crippen LogP contribution is -2.32. The van der Waals surface area contributed by atoms with Crippen LogP contribution in [0.2, 0.25) is 0 Å². The zero-order valence-electron chi connectivity index (χ0n) is 11.2. The Labute approximate surface area is 110 Å². The van der Waals surface area contributed by atoms with Crippen LogP contribution in [0.1, 0.15) is 44.9 Å². The highest BCUT2D eigenvalue weighted by Gasteiger charge is 2.21. The maximum Gasteiger partial charge on any atom is 0.0576 e. The summed E-state index contributed by atoms with van der Waals surface area (Å²) in [6.45, 7) is 4.68. The third-order valence-corrected chi connectivity index (χ3v) is 4.09. The molecule has 1 saturated heterocycles. The smallest absolute Gasteiger partial charge is 0.0576 e. The van der Waals surface area contributed by atoms with Crippen LogP contribution >= 0.6 is 0 Å². The monoisotopic (exact) mass is 254 g/mol. The SMILES string of the molecule is N=NN[C@H]1CC[C@H](OCCCN2CCCC2)CC1. The average Bonchev–Trinajstić information content (AvgIpc) is 2.90. The van der Waals surface area contributed by atoms with E-state index in [1.807, 2.05) is 0 Å². The van der Waals surface area contributed by atoms with E-state index in [0.29, 0.717) is 12.1 Å². The molecular formula is C13H26N4O. The van der Waals surface area contributed by atoms with Crippen molar-refractivity contribution >= 4 is 0 Å². The normalized spacial score (nSPS) is 29.3. The van der Waals surface area contributed by atoms with E-state index in [-0.39, 0.29) is 0 Å². The summed E-state index contributed by atoms with van der Waals surface area (Å²) in [7, 11) is 0. The summed E-state index contributed by atoms with van der Waals surface area (Å²) >= 11 is 0. The number of rotatable bonds is 7. The quantitative estimate of drug-likeness (QED) is 0.416. The fourth-order valence-electron chi connectivity index (χ4n) is 2.99. The largest absolute Gasteiger partial charge is 0.378 e. The fraction of sp³-hybridized carbons (Fsp3) is 1.00.